The Kier molecular flexibility index (Phi) is 5.90. The molecular weight excluding hydrogens is 272 g/mol. The molecule has 0 aromatic heterocycles. The third-order valence-electron chi connectivity index (χ3n) is 3.23. The summed E-state index contributed by atoms with van der Waals surface area (Å²) >= 11 is 0. The fourth-order valence-corrected chi connectivity index (χ4v) is 1.90. The molecule has 0 aliphatic rings. The summed E-state index contributed by atoms with van der Waals surface area (Å²) in [6, 6.07) is 6.28. The zero-order valence-electron chi connectivity index (χ0n) is 12.4. The van der Waals surface area contributed by atoms with Gasteiger partial charge in [-0.25, -0.2) is 0 Å². The maximum Gasteiger partial charge on any atom is 0.305 e. The fourth-order valence-electron chi connectivity index (χ4n) is 1.90. The topological polar surface area (TPSA) is 86.7 Å². The Morgan fingerprint density at radius 3 is 2.43 bits per heavy atom. The lowest BCUT2D eigenvalue weighted by Gasteiger charge is -2.20. The summed E-state index contributed by atoms with van der Waals surface area (Å²) in [6.45, 7) is 3.22. The number of aliphatic carboxylic acids is 1. The molecule has 0 spiro atoms. The summed E-state index contributed by atoms with van der Waals surface area (Å²) < 4.78 is 0. The van der Waals surface area contributed by atoms with Crippen LogP contribution in [0.2, 0.25) is 0 Å². The van der Waals surface area contributed by atoms with Crippen molar-refractivity contribution in [2.75, 3.05) is 11.9 Å². The smallest absolute Gasteiger partial charge is 0.305 e. The number of carbonyl (C=O) groups excluding carboxylic acids is 2. The molecule has 0 radical (unpaired) electrons. The summed E-state index contributed by atoms with van der Waals surface area (Å²) in [6.07, 6.45) is 0.385. The highest BCUT2D eigenvalue weighted by Gasteiger charge is 2.19. The number of nitrogens with zero attached hydrogens (tertiary/aromatic N) is 1. The van der Waals surface area contributed by atoms with Crippen molar-refractivity contribution >= 4 is 23.5 Å². The number of amides is 2. The Hall–Kier alpha value is -2.37. The SMILES string of the molecule is CCC(CC(=O)O)NC(=O)c1ccccc1N(C)C(C)=O. The number of carboxylic acid groups (broad SMARTS) is 1. The molecule has 21 heavy (non-hydrogen) atoms. The number of nitrogens with one attached hydrogen (secondary N) is 1. The average Bonchev–Trinajstić information content (AvgIpc) is 2.44. The van der Waals surface area contributed by atoms with Crippen LogP contribution in [-0.4, -0.2) is 36.0 Å². The Morgan fingerprint density at radius 2 is 1.90 bits per heavy atom. The largest absolute Gasteiger partial charge is 0.481 e. The lowest BCUT2D eigenvalue weighted by molar-refractivity contribution is -0.137. The highest BCUT2D eigenvalue weighted by molar-refractivity contribution is 6.04. The fraction of sp³-hybridized carbons (Fsp3) is 0.400. The summed E-state index contributed by atoms with van der Waals surface area (Å²) in [7, 11) is 1.59. The third kappa shape index (κ3) is 4.59. The van der Waals surface area contributed by atoms with Gasteiger partial charge >= 0.3 is 5.97 Å². The summed E-state index contributed by atoms with van der Waals surface area (Å²) in [5.74, 6) is -1.53. The normalized spacial score (nSPS) is 11.6. The van der Waals surface area contributed by atoms with E-state index in [9.17, 15) is 14.4 Å². The van der Waals surface area contributed by atoms with Crippen LogP contribution in [0.15, 0.2) is 24.3 Å². The predicted molar refractivity (Wildman–Crippen MR) is 79.3 cm³/mol. The minimum Gasteiger partial charge on any atom is -0.481 e. The molecule has 0 fully saturated rings. The van der Waals surface area contributed by atoms with Crippen LogP contribution in [0.3, 0.4) is 0 Å². The molecule has 1 unspecified atom stereocenters. The second-order valence-electron chi connectivity index (χ2n) is 4.77. The van der Waals surface area contributed by atoms with Crippen molar-refractivity contribution in [2.45, 2.75) is 32.7 Å². The van der Waals surface area contributed by atoms with E-state index in [-0.39, 0.29) is 18.2 Å². The second-order valence-corrected chi connectivity index (χ2v) is 4.77. The van der Waals surface area contributed by atoms with Crippen molar-refractivity contribution < 1.29 is 19.5 Å². The van der Waals surface area contributed by atoms with Crippen molar-refractivity contribution in [1.29, 1.82) is 0 Å². The number of benzene rings is 1. The van der Waals surface area contributed by atoms with Crippen molar-refractivity contribution in [1.82, 2.24) is 5.32 Å². The molecule has 2 N–H and O–H groups in total. The van der Waals surface area contributed by atoms with E-state index in [1.54, 1.807) is 31.3 Å². The van der Waals surface area contributed by atoms with E-state index in [1.807, 2.05) is 6.92 Å². The first-order valence-corrected chi connectivity index (χ1v) is 6.72. The van der Waals surface area contributed by atoms with Crippen molar-refractivity contribution in [3.8, 4) is 0 Å². The Bertz CT molecular complexity index is 542. The van der Waals surface area contributed by atoms with Gasteiger partial charge in [0.25, 0.3) is 5.91 Å². The molecule has 1 aromatic rings. The van der Waals surface area contributed by atoms with Gasteiger partial charge in [0.15, 0.2) is 0 Å². The molecule has 2 amide bonds. The van der Waals surface area contributed by atoms with Gasteiger partial charge in [-0.15, -0.1) is 0 Å². The van der Waals surface area contributed by atoms with E-state index in [2.05, 4.69) is 5.32 Å². The van der Waals surface area contributed by atoms with E-state index < -0.39 is 12.0 Å². The second kappa shape index (κ2) is 7.42. The number of hydrogen-bond acceptors (Lipinski definition) is 3. The minimum atomic E-state index is -0.962. The van der Waals surface area contributed by atoms with Gasteiger partial charge in [0.2, 0.25) is 5.91 Å². The van der Waals surface area contributed by atoms with Crippen LogP contribution in [0.1, 0.15) is 37.0 Å². The zero-order valence-corrected chi connectivity index (χ0v) is 12.4. The lowest BCUT2D eigenvalue weighted by atomic mass is 10.1. The van der Waals surface area contributed by atoms with Gasteiger partial charge in [-0.3, -0.25) is 14.4 Å². The summed E-state index contributed by atoms with van der Waals surface area (Å²) in [4.78, 5) is 35.9. The zero-order chi connectivity index (χ0) is 16.0. The maximum absolute atomic E-state index is 12.3. The number of hydrogen-bond donors (Lipinski definition) is 2. The summed E-state index contributed by atoms with van der Waals surface area (Å²) in [5.41, 5.74) is 0.840. The van der Waals surface area contributed by atoms with Crippen LogP contribution in [0.25, 0.3) is 0 Å². The van der Waals surface area contributed by atoms with Gasteiger partial charge in [0, 0.05) is 20.0 Å². The molecule has 0 aliphatic carbocycles. The Morgan fingerprint density at radius 1 is 1.29 bits per heavy atom. The van der Waals surface area contributed by atoms with Crippen molar-refractivity contribution in [3.63, 3.8) is 0 Å². The highest BCUT2D eigenvalue weighted by Crippen LogP contribution is 2.19. The van der Waals surface area contributed by atoms with Crippen LogP contribution in [0.5, 0.6) is 0 Å². The van der Waals surface area contributed by atoms with Gasteiger partial charge in [0.1, 0.15) is 0 Å². The Balaban J connectivity index is 2.97. The summed E-state index contributed by atoms with van der Waals surface area (Å²) in [5, 5.41) is 11.5. The number of anilines is 1. The van der Waals surface area contributed by atoms with Crippen LogP contribution >= 0.6 is 0 Å². The van der Waals surface area contributed by atoms with E-state index in [0.717, 1.165) is 0 Å². The molecule has 1 aromatic carbocycles. The quantitative estimate of drug-likeness (QED) is 0.834. The maximum atomic E-state index is 12.3. The third-order valence-corrected chi connectivity index (χ3v) is 3.23. The van der Waals surface area contributed by atoms with E-state index in [1.165, 1.54) is 11.8 Å². The molecule has 1 rings (SSSR count). The average molecular weight is 292 g/mol. The molecule has 6 nitrogen and oxygen atoms in total. The van der Waals surface area contributed by atoms with Crippen LogP contribution in [0.4, 0.5) is 5.69 Å². The number of carbonyl (C=O) groups is 3. The van der Waals surface area contributed by atoms with Gasteiger partial charge in [-0.1, -0.05) is 19.1 Å². The molecule has 0 saturated heterocycles. The van der Waals surface area contributed by atoms with Gasteiger partial charge in [-0.05, 0) is 18.6 Å². The van der Waals surface area contributed by atoms with Gasteiger partial charge in [-0.2, -0.15) is 0 Å². The number of carboxylic acids is 1. The number of rotatable bonds is 6. The predicted octanol–water partition coefficient (Wildman–Crippen LogP) is 1.65. The van der Waals surface area contributed by atoms with E-state index >= 15 is 0 Å². The number of para-hydroxylation sites is 1. The molecular formula is C15H20N2O4. The monoisotopic (exact) mass is 292 g/mol. The van der Waals surface area contributed by atoms with Gasteiger partial charge < -0.3 is 15.3 Å². The van der Waals surface area contributed by atoms with Crippen LogP contribution in [-0.2, 0) is 9.59 Å². The van der Waals surface area contributed by atoms with Gasteiger partial charge in [0.05, 0.1) is 17.7 Å². The highest BCUT2D eigenvalue weighted by atomic mass is 16.4. The molecule has 0 saturated carbocycles. The van der Waals surface area contributed by atoms with Crippen molar-refractivity contribution in [3.05, 3.63) is 29.8 Å². The first kappa shape index (κ1) is 16.7. The molecule has 1 atom stereocenters. The molecule has 0 heterocycles. The first-order chi connectivity index (χ1) is 9.86. The van der Waals surface area contributed by atoms with E-state index in [4.69, 9.17) is 5.11 Å². The lowest BCUT2D eigenvalue weighted by Crippen LogP contribution is -2.37. The Labute approximate surface area is 123 Å². The van der Waals surface area contributed by atoms with E-state index in [0.29, 0.717) is 17.7 Å². The standard InChI is InChI=1S/C15H20N2O4/c1-4-11(9-14(19)20)16-15(21)12-7-5-6-8-13(12)17(3)10(2)18/h5-8,11H,4,9H2,1-3H3,(H,16,21)(H,19,20). The molecule has 6 heteroatoms. The van der Waals surface area contributed by atoms with Crippen molar-refractivity contribution in [2.24, 2.45) is 0 Å². The molecule has 0 aliphatic heterocycles. The molecule has 114 valence electrons. The van der Waals surface area contributed by atoms with Crippen LogP contribution in [0, 0.1) is 0 Å². The first-order valence-electron chi connectivity index (χ1n) is 6.72. The minimum absolute atomic E-state index is 0.132. The van der Waals surface area contributed by atoms with Crippen LogP contribution < -0.4 is 10.2 Å². The molecule has 0 bridgehead atoms.